The number of fused-ring (bicyclic) bond motifs is 17. The molecule has 0 radical (unpaired) electrons. The standard InChI is InChI=1S/C40H54.C38H50O2.C14H14.C13H20O.2C10H8O.3CH4.15Ar/c1-39(35-15-7-3-11-31(35)32-12-4-8-16-36(32)39)29-23-19-27(20-24-29)28-21-25-30(26-22-28)40(2)37-17-9-5-13-33(37)34-14-6-10-18-38(34)40;39-37(33-13-5-1-9-29(33)30-10-2-6-14-34(30)37)27-21-17-25(18-22-27)26-19-23-28(24-20-26)38(40)35-15-7-3-11-31(35)32-12-4-8-16-36(32)38;1-11-3-7-13(8-4-11)14-9-5-12(2)6-10-14;14-13-11-7-3-1-5-9(11)10-6-2-4-8-12(10)13;2*11-10-6-5-8-3-1-2-4-9(8)7-10;;;;;;;;;;;;;;;;;;/h19-26,31-38H,3-18H2,1-2H3;17-24,29-36,39-40H,1-16H2;3-10H,1-2H3;9-12H,1-8H2;2*1-7,11H;3*1H4;;;;;;;;;;;;;;;. The summed E-state index contributed by atoms with van der Waals surface area (Å²) < 4.78 is 0. The van der Waals surface area contributed by atoms with E-state index < -0.39 is 11.2 Å². The van der Waals surface area contributed by atoms with E-state index in [1.165, 1.54) is 312 Å². The van der Waals surface area contributed by atoms with Crippen LogP contribution in [-0.4, -0.2) is 26.2 Å². The first kappa shape index (κ1) is 155. The molecule has 15 aliphatic carbocycles. The summed E-state index contributed by atoms with van der Waals surface area (Å²) in [6, 6.07) is 82.1. The van der Waals surface area contributed by atoms with Crippen LogP contribution in [0.2, 0.25) is 0 Å². The fourth-order valence-electron chi connectivity index (χ4n) is 33.4. The Morgan fingerprint density at radius 2 is 0.392 bits per heavy atom. The van der Waals surface area contributed by atoms with Crippen LogP contribution in [0.25, 0.3) is 54.9 Å². The molecular formula is C128H166Ar15O5. The van der Waals surface area contributed by atoms with Gasteiger partial charge in [0.1, 0.15) is 17.3 Å². The van der Waals surface area contributed by atoms with Gasteiger partial charge in [-0.2, -0.15) is 0 Å². The first-order valence-electron chi connectivity index (χ1n) is 53.5. The van der Waals surface area contributed by atoms with Crippen molar-refractivity contribution in [2.24, 2.45) is 118 Å². The van der Waals surface area contributed by atoms with Crippen molar-refractivity contribution in [2.75, 3.05) is 0 Å². The van der Waals surface area contributed by atoms with Crippen LogP contribution < -0.4 is 0 Å². The third-order valence-electron chi connectivity index (χ3n) is 39.3. The van der Waals surface area contributed by atoms with Crippen LogP contribution in [0.4, 0.5) is 0 Å². The molecule has 0 aromatic heterocycles. The Hall–Kier alpha value is 10.8. The topological polar surface area (TPSA) is 98.0 Å². The fourth-order valence-corrected chi connectivity index (χ4v) is 33.4. The van der Waals surface area contributed by atoms with Gasteiger partial charge in [-0.25, -0.2) is 0 Å². The van der Waals surface area contributed by atoms with Gasteiger partial charge >= 0.3 is 0 Å². The van der Waals surface area contributed by atoms with Crippen molar-refractivity contribution < 1.29 is 591 Å². The molecule has 20 heteroatoms. The van der Waals surface area contributed by atoms with Gasteiger partial charge in [0, 0.05) is 578 Å². The number of aromatic hydroxyl groups is 2. The molecule has 0 spiro atoms. The summed E-state index contributed by atoms with van der Waals surface area (Å²) in [6.45, 7) is 9.60. The summed E-state index contributed by atoms with van der Waals surface area (Å²) in [5.41, 5.74) is 15.6. The number of rotatable bonds is 7. The van der Waals surface area contributed by atoms with E-state index in [2.05, 4.69) is 173 Å². The summed E-state index contributed by atoms with van der Waals surface area (Å²) >= 11 is 0. The average Bonchev–Trinajstić information content (AvgIpc) is 1.57. The third-order valence-corrected chi connectivity index (χ3v) is 39.3. The molecule has 15 saturated carbocycles. The second kappa shape index (κ2) is 73.5. The summed E-state index contributed by atoms with van der Waals surface area (Å²) in [4.78, 5) is 12.2. The van der Waals surface area contributed by atoms with Crippen LogP contribution in [0.1, 0.15) is 326 Å². The van der Waals surface area contributed by atoms with Crippen molar-refractivity contribution >= 4 is 27.3 Å². The number of aryl methyl sites for hydroxylation is 2. The molecule has 25 rings (SSSR count). The largest absolute Gasteiger partial charge is 0.508 e. The monoisotopic (exact) mass is 2380 g/mol. The van der Waals surface area contributed by atoms with Gasteiger partial charge in [0.2, 0.25) is 0 Å². The van der Waals surface area contributed by atoms with Crippen LogP contribution >= 0.6 is 0 Å². The van der Waals surface area contributed by atoms with E-state index in [4.69, 9.17) is 10.2 Å². The van der Waals surface area contributed by atoms with E-state index in [0.29, 0.717) is 63.6 Å². The normalized spacial score (nSPS) is 30.9. The number of Topliss-reactive ketones (excluding diaryl/α,β-unsaturated/α-hetero) is 1. The zero-order valence-corrected chi connectivity index (χ0v) is 95.4. The first-order chi connectivity index (χ1) is 63.5. The maximum atomic E-state index is 12.5. The molecule has 4 N–H and O–H groups in total. The summed E-state index contributed by atoms with van der Waals surface area (Å²) in [6.07, 6.45) is 54.9. The molecule has 15 fully saturated rings. The number of carbonyl (C=O) groups excluding carboxylic acids is 1. The average molecular weight is 2380 g/mol. The molecule has 0 bridgehead atoms. The number of phenolic OH excluding ortho intramolecular Hbond substituents is 2. The van der Waals surface area contributed by atoms with Gasteiger partial charge in [-0.05, 0) is 361 Å². The van der Waals surface area contributed by atoms with Crippen LogP contribution in [0.3, 0.4) is 0 Å². The van der Waals surface area contributed by atoms with Crippen molar-refractivity contribution in [3.05, 3.63) is 264 Å². The molecule has 148 heavy (non-hydrogen) atoms. The van der Waals surface area contributed by atoms with E-state index in [9.17, 15) is 15.0 Å². The molecule has 10 aromatic rings. The number of phenols is 2. The Morgan fingerprint density at radius 3 is 0.628 bits per heavy atom. The Bertz CT molecular complexity index is 4880. The number of benzene rings is 10. The minimum absolute atomic E-state index is 0. The number of hydrogen-bond acceptors (Lipinski definition) is 5. The van der Waals surface area contributed by atoms with Gasteiger partial charge in [0.25, 0.3) is 0 Å². The molecule has 20 atom stereocenters. The Morgan fingerprint density at radius 1 is 0.209 bits per heavy atom. The van der Waals surface area contributed by atoms with Crippen molar-refractivity contribution in [3.8, 4) is 44.9 Å². The maximum Gasteiger partial charge on any atom is 0.139 e. The Labute approximate surface area is 1340 Å². The van der Waals surface area contributed by atoms with Crippen molar-refractivity contribution in [1.29, 1.82) is 0 Å². The summed E-state index contributed by atoms with van der Waals surface area (Å²) in [5.74, 6) is 16.3. The fraction of sp³-hybridized carbons (Fsp3) is 0.555. The minimum Gasteiger partial charge on any atom is -0.508 e. The predicted octanol–water partition coefficient (Wildman–Crippen LogP) is 34.3. The molecule has 5 nitrogen and oxygen atoms in total. The molecular weight excluding hydrogens is 2220 g/mol. The zero-order valence-electron chi connectivity index (χ0n) is 84.8. The number of carbonyl (C=O) groups is 1. The Balaban J connectivity index is 0.000000634. The van der Waals surface area contributed by atoms with Gasteiger partial charge in [0.05, 0.1) is 11.2 Å². The van der Waals surface area contributed by atoms with Crippen molar-refractivity contribution in [1.82, 2.24) is 0 Å². The van der Waals surface area contributed by atoms with Gasteiger partial charge in [-0.1, -0.05) is 382 Å². The van der Waals surface area contributed by atoms with Crippen LogP contribution in [0.15, 0.2) is 231 Å². The van der Waals surface area contributed by atoms with Gasteiger partial charge in [0.15, 0.2) is 0 Å². The minimum atomic E-state index is -0.641. The van der Waals surface area contributed by atoms with Crippen LogP contribution in [-0.2, 0) is 26.8 Å². The summed E-state index contributed by atoms with van der Waals surface area (Å²) in [7, 11) is 0. The zero-order chi connectivity index (χ0) is 88.7. The smallest absolute Gasteiger partial charge is 0.139 e. The predicted molar refractivity (Wildman–Crippen MR) is 559 cm³/mol. The number of ketones is 1. The van der Waals surface area contributed by atoms with E-state index in [0.717, 1.165) is 104 Å². The Kier molecular flexibility index (Phi) is 76.9. The van der Waals surface area contributed by atoms with E-state index in [1.807, 2.05) is 60.7 Å². The maximum absolute atomic E-state index is 12.5. The molecule has 828 valence electrons. The molecule has 20 unspecified atom stereocenters. The third kappa shape index (κ3) is 34.4. The van der Waals surface area contributed by atoms with Gasteiger partial charge in [-0.15, -0.1) is 0 Å². The molecule has 0 heterocycles. The van der Waals surface area contributed by atoms with Crippen molar-refractivity contribution in [2.45, 2.75) is 329 Å². The first-order valence-corrected chi connectivity index (χ1v) is 53.5. The molecule has 0 amide bonds. The van der Waals surface area contributed by atoms with Crippen LogP contribution in [0.5, 0.6) is 11.5 Å². The van der Waals surface area contributed by atoms with Crippen molar-refractivity contribution in [3.63, 3.8) is 0 Å². The van der Waals surface area contributed by atoms with E-state index in [-0.39, 0.29) is 588 Å². The van der Waals surface area contributed by atoms with Crippen LogP contribution in [0, 0.1) is 698 Å². The SMILES string of the molecule is C.C.C.CC1(c2ccc(-c3ccc(C4(C)C5CCCCC5C5CCCCC54)cc3)cc2)C2CCCCC2C2CCCCC21.Cc1ccc(-c2ccc(C)cc2)cc1.O=C1C2CCCCC2C2CCCCC12.OC1(c2ccc(-c3ccc(C4(O)C5CCCCC5C5CCCCC54)cc3)cc2)C2CCCCC2C2CCCCC21.Oc1ccc2ccccc2c1.Oc1ccc2ccccc2c1.[Ar].[Ar].[Ar].[Ar].[Ar].[Ar].[Ar].[Ar].[Ar].[Ar].[Ar].[Ar].[Ar].[Ar].[Ar]. The second-order valence-electron chi connectivity index (χ2n) is 45.3. The van der Waals surface area contributed by atoms with E-state index in [1.54, 1.807) is 35.4 Å². The molecule has 0 saturated heterocycles. The molecule has 0 aliphatic heterocycles. The summed E-state index contributed by atoms with van der Waals surface area (Å²) in [5, 5.41) is 47.7. The molecule has 15 aliphatic rings. The second-order valence-corrected chi connectivity index (χ2v) is 45.3. The van der Waals surface area contributed by atoms with Gasteiger partial charge in [-0.3, -0.25) is 4.79 Å². The number of aliphatic hydroxyl groups is 2. The van der Waals surface area contributed by atoms with E-state index >= 15 is 0 Å². The molecule has 10 aromatic carbocycles. The number of hydrogen-bond donors (Lipinski definition) is 4. The van der Waals surface area contributed by atoms with Gasteiger partial charge < -0.3 is 20.4 Å². The quantitative estimate of drug-likeness (QED) is 0.127.